The summed E-state index contributed by atoms with van der Waals surface area (Å²) in [5.74, 6) is 0.472. The molecule has 1 atom stereocenters. The van der Waals surface area contributed by atoms with Gasteiger partial charge >= 0.3 is 16.3 Å². The molecule has 100 valence electrons. The minimum atomic E-state index is -3.75. The number of hydrogen-bond donors (Lipinski definition) is 1. The molecule has 0 aliphatic carbocycles. The average molecular weight is 329 g/mol. The van der Waals surface area contributed by atoms with E-state index in [0.29, 0.717) is 23.8 Å². The Morgan fingerprint density at radius 1 is 1.47 bits per heavy atom. The first-order chi connectivity index (χ1) is 7.86. The number of methoxy groups -OCH3 is 1. The van der Waals surface area contributed by atoms with Crippen LogP contribution in [0.2, 0.25) is 0 Å². The summed E-state index contributed by atoms with van der Waals surface area (Å²) in [6, 6.07) is 0. The number of nitrogens with zero attached hydrogens (tertiary/aromatic N) is 1. The highest BCUT2D eigenvalue weighted by atomic mass is 79.9. The van der Waals surface area contributed by atoms with E-state index in [1.807, 2.05) is 4.72 Å². The van der Waals surface area contributed by atoms with E-state index in [1.54, 1.807) is 0 Å². The largest absolute Gasteiger partial charge is 0.452 e. The number of halogens is 1. The standard InChI is InChI=1S/C9H17BrN2O4S/c1-7(10)8-3-5-12(6-4-8)17(14,15)11-9(13)16-2/h7-8H,3-6H2,1-2H3,(H,11,13). The summed E-state index contributed by atoms with van der Waals surface area (Å²) in [5.41, 5.74) is 0. The first-order valence-corrected chi connectivity index (χ1v) is 7.72. The Bertz CT molecular complexity index is 363. The van der Waals surface area contributed by atoms with Crippen molar-refractivity contribution in [1.82, 2.24) is 9.03 Å². The topological polar surface area (TPSA) is 75.7 Å². The van der Waals surface area contributed by atoms with Gasteiger partial charge in [-0.3, -0.25) is 0 Å². The van der Waals surface area contributed by atoms with E-state index >= 15 is 0 Å². The molecule has 0 aromatic carbocycles. The summed E-state index contributed by atoms with van der Waals surface area (Å²) >= 11 is 3.50. The minimum Gasteiger partial charge on any atom is -0.452 e. The molecule has 0 spiro atoms. The lowest BCUT2D eigenvalue weighted by Gasteiger charge is -2.32. The Morgan fingerprint density at radius 3 is 2.41 bits per heavy atom. The second-order valence-corrected chi connectivity index (χ2v) is 7.13. The first-order valence-electron chi connectivity index (χ1n) is 5.36. The Balaban J connectivity index is 2.56. The number of carbonyl (C=O) groups excluding carboxylic acids is 1. The predicted molar refractivity (Wildman–Crippen MR) is 67.1 cm³/mol. The van der Waals surface area contributed by atoms with Crippen molar-refractivity contribution in [2.45, 2.75) is 24.6 Å². The zero-order valence-electron chi connectivity index (χ0n) is 9.85. The summed E-state index contributed by atoms with van der Waals surface area (Å²) in [4.78, 5) is 11.3. The zero-order valence-corrected chi connectivity index (χ0v) is 12.3. The number of alkyl halides is 1. The molecule has 1 unspecified atom stereocenters. The molecular formula is C9H17BrN2O4S. The Morgan fingerprint density at radius 2 is 2.00 bits per heavy atom. The van der Waals surface area contributed by atoms with Crippen LogP contribution in [0, 0.1) is 5.92 Å². The van der Waals surface area contributed by atoms with E-state index in [2.05, 4.69) is 27.6 Å². The van der Waals surface area contributed by atoms with Crippen LogP contribution in [-0.2, 0) is 14.9 Å². The molecule has 1 rings (SSSR count). The molecular weight excluding hydrogens is 312 g/mol. The third kappa shape index (κ3) is 4.11. The molecule has 1 aliphatic rings. The summed E-state index contributed by atoms with van der Waals surface area (Å²) in [5, 5.41) is 0. The van der Waals surface area contributed by atoms with E-state index in [0.717, 1.165) is 20.0 Å². The van der Waals surface area contributed by atoms with Crippen molar-refractivity contribution >= 4 is 32.2 Å². The fraction of sp³-hybridized carbons (Fsp3) is 0.889. The van der Waals surface area contributed by atoms with E-state index in [-0.39, 0.29) is 0 Å². The van der Waals surface area contributed by atoms with Gasteiger partial charge in [0.2, 0.25) is 0 Å². The van der Waals surface area contributed by atoms with E-state index in [9.17, 15) is 13.2 Å². The van der Waals surface area contributed by atoms with Crippen molar-refractivity contribution in [1.29, 1.82) is 0 Å². The van der Waals surface area contributed by atoms with Crippen LogP contribution in [0.25, 0.3) is 0 Å². The van der Waals surface area contributed by atoms with Crippen LogP contribution in [0.4, 0.5) is 4.79 Å². The van der Waals surface area contributed by atoms with E-state index in [4.69, 9.17) is 0 Å². The van der Waals surface area contributed by atoms with Gasteiger partial charge in [-0.1, -0.05) is 22.9 Å². The van der Waals surface area contributed by atoms with Gasteiger partial charge in [0.1, 0.15) is 0 Å². The fourth-order valence-corrected chi connectivity index (χ4v) is 3.43. The highest BCUT2D eigenvalue weighted by Gasteiger charge is 2.30. The Hall–Kier alpha value is -0.340. The smallest absolute Gasteiger partial charge is 0.421 e. The predicted octanol–water partition coefficient (Wildman–Crippen LogP) is 1.08. The van der Waals surface area contributed by atoms with Gasteiger partial charge in [-0.05, 0) is 18.8 Å². The van der Waals surface area contributed by atoms with Gasteiger partial charge in [0.05, 0.1) is 7.11 Å². The van der Waals surface area contributed by atoms with E-state index in [1.165, 1.54) is 4.31 Å². The normalized spacial score (nSPS) is 20.9. The zero-order chi connectivity index (χ0) is 13.1. The molecule has 0 saturated carbocycles. The van der Waals surface area contributed by atoms with Gasteiger partial charge in [-0.2, -0.15) is 12.7 Å². The number of rotatable bonds is 3. The van der Waals surface area contributed by atoms with Crippen molar-refractivity contribution in [2.75, 3.05) is 20.2 Å². The molecule has 17 heavy (non-hydrogen) atoms. The van der Waals surface area contributed by atoms with Crippen LogP contribution in [0.3, 0.4) is 0 Å². The summed E-state index contributed by atoms with van der Waals surface area (Å²) < 4.78 is 30.9. The van der Waals surface area contributed by atoms with Gasteiger partial charge in [0, 0.05) is 17.9 Å². The molecule has 6 nitrogen and oxygen atoms in total. The van der Waals surface area contributed by atoms with Crippen molar-refractivity contribution in [2.24, 2.45) is 5.92 Å². The highest BCUT2D eigenvalue weighted by molar-refractivity contribution is 9.09. The van der Waals surface area contributed by atoms with Crippen molar-refractivity contribution in [3.63, 3.8) is 0 Å². The van der Waals surface area contributed by atoms with Crippen LogP contribution in [0.1, 0.15) is 19.8 Å². The van der Waals surface area contributed by atoms with E-state index < -0.39 is 16.3 Å². The minimum absolute atomic E-state index is 0.376. The maximum absolute atomic E-state index is 11.7. The molecule has 8 heteroatoms. The summed E-state index contributed by atoms with van der Waals surface area (Å²) in [6.07, 6.45) is 0.615. The molecule has 0 radical (unpaired) electrons. The molecule has 0 aromatic rings. The monoisotopic (exact) mass is 328 g/mol. The molecule has 0 bridgehead atoms. The number of amides is 1. The lowest BCUT2D eigenvalue weighted by Crippen LogP contribution is -2.47. The average Bonchev–Trinajstić information content (AvgIpc) is 2.28. The molecule has 1 fully saturated rings. The van der Waals surface area contributed by atoms with Gasteiger partial charge in [0.15, 0.2) is 0 Å². The van der Waals surface area contributed by atoms with Crippen LogP contribution >= 0.6 is 15.9 Å². The van der Waals surface area contributed by atoms with Crippen LogP contribution in [0.5, 0.6) is 0 Å². The quantitative estimate of drug-likeness (QED) is 0.786. The summed E-state index contributed by atoms with van der Waals surface area (Å²) in [6.45, 7) is 2.90. The Kier molecular flexibility index (Phi) is 5.21. The highest BCUT2D eigenvalue weighted by Crippen LogP contribution is 2.25. The number of piperidine rings is 1. The molecule has 1 N–H and O–H groups in total. The lowest BCUT2D eigenvalue weighted by atomic mass is 9.96. The third-order valence-electron chi connectivity index (χ3n) is 2.89. The van der Waals surface area contributed by atoms with Crippen LogP contribution in [-0.4, -0.2) is 43.8 Å². The van der Waals surface area contributed by atoms with Gasteiger partial charge in [0.25, 0.3) is 0 Å². The number of ether oxygens (including phenoxy) is 1. The maximum atomic E-state index is 11.7. The van der Waals surface area contributed by atoms with Crippen LogP contribution < -0.4 is 4.72 Å². The number of nitrogens with one attached hydrogen (secondary N) is 1. The lowest BCUT2D eigenvalue weighted by molar-refractivity contribution is 0.176. The number of carbonyl (C=O) groups is 1. The van der Waals surface area contributed by atoms with Crippen molar-refractivity contribution in [3.8, 4) is 0 Å². The molecule has 1 saturated heterocycles. The van der Waals surface area contributed by atoms with Gasteiger partial charge in [-0.15, -0.1) is 0 Å². The number of hydrogen-bond acceptors (Lipinski definition) is 4. The first kappa shape index (κ1) is 14.7. The molecule has 0 aromatic heterocycles. The van der Waals surface area contributed by atoms with Gasteiger partial charge < -0.3 is 4.74 Å². The second-order valence-electron chi connectivity index (χ2n) is 4.01. The second kappa shape index (κ2) is 6.01. The van der Waals surface area contributed by atoms with Crippen molar-refractivity contribution < 1.29 is 17.9 Å². The molecule has 1 heterocycles. The third-order valence-corrected chi connectivity index (χ3v) is 5.10. The molecule has 1 aliphatic heterocycles. The van der Waals surface area contributed by atoms with Gasteiger partial charge in [-0.25, -0.2) is 9.52 Å². The van der Waals surface area contributed by atoms with Crippen molar-refractivity contribution in [3.05, 3.63) is 0 Å². The molecule has 1 amide bonds. The maximum Gasteiger partial charge on any atom is 0.421 e. The fourth-order valence-electron chi connectivity index (χ4n) is 1.79. The Labute approximate surface area is 110 Å². The van der Waals surface area contributed by atoms with Crippen LogP contribution in [0.15, 0.2) is 0 Å². The SMILES string of the molecule is COC(=O)NS(=O)(=O)N1CCC(C(C)Br)CC1. The summed E-state index contributed by atoms with van der Waals surface area (Å²) in [7, 11) is -2.62.